The molecule has 0 aromatic rings. The summed E-state index contributed by atoms with van der Waals surface area (Å²) in [4.78, 5) is 0. The highest BCUT2D eigenvalue weighted by molar-refractivity contribution is 8.13. The van der Waals surface area contributed by atoms with Crippen molar-refractivity contribution in [1.29, 1.82) is 0 Å². The van der Waals surface area contributed by atoms with Crippen LogP contribution in [0.15, 0.2) is 19.6 Å². The van der Waals surface area contributed by atoms with Gasteiger partial charge in [-0.15, -0.1) is 0 Å². The third-order valence-electron chi connectivity index (χ3n) is 1.06. The molecule has 0 atom stereocenters. The fraction of sp³-hybridized carbons (Fsp3) is 0.333. The zero-order valence-electron chi connectivity index (χ0n) is 7.71. The average molecular weight is 238 g/mol. The summed E-state index contributed by atoms with van der Waals surface area (Å²) in [5.74, 6) is 0. The van der Waals surface area contributed by atoms with E-state index in [1.165, 1.54) is 13.8 Å². The molecule has 6 nitrogen and oxygen atoms in total. The monoisotopic (exact) mass is 238 g/mol. The van der Waals surface area contributed by atoms with Gasteiger partial charge in [0.25, 0.3) is 20.0 Å². The molecule has 0 aliphatic heterocycles. The Bertz CT molecular complexity index is 426. The van der Waals surface area contributed by atoms with Gasteiger partial charge in [0.05, 0.1) is 0 Å². The summed E-state index contributed by atoms with van der Waals surface area (Å²) < 4.78 is 49.4. The molecule has 80 valence electrons. The van der Waals surface area contributed by atoms with E-state index in [1.54, 1.807) is 0 Å². The van der Waals surface area contributed by atoms with E-state index >= 15 is 0 Å². The van der Waals surface area contributed by atoms with Crippen LogP contribution in [0, 0.1) is 0 Å². The fourth-order valence-electron chi connectivity index (χ4n) is 0.528. The molecule has 0 fully saturated rings. The fourth-order valence-corrected chi connectivity index (χ4v) is 2.64. The van der Waals surface area contributed by atoms with Gasteiger partial charge in [-0.25, -0.2) is 0 Å². The van der Waals surface area contributed by atoms with Gasteiger partial charge in [-0.2, -0.15) is 25.6 Å². The van der Waals surface area contributed by atoms with Gasteiger partial charge >= 0.3 is 0 Å². The SMILES string of the molecule is C=C(S(=O)(=O)/N=C/C)S(=O)(=O)/N=C/C. The number of hydrogen-bond donors (Lipinski definition) is 0. The van der Waals surface area contributed by atoms with Gasteiger partial charge in [-0.1, -0.05) is 6.58 Å². The molecule has 0 bridgehead atoms. The van der Waals surface area contributed by atoms with Crippen LogP contribution in [0.5, 0.6) is 0 Å². The smallest absolute Gasteiger partial charge is 0.198 e. The van der Waals surface area contributed by atoms with Gasteiger partial charge in [-0.3, -0.25) is 0 Å². The Balaban J connectivity index is 5.41. The minimum atomic E-state index is -4.22. The molecule has 8 heteroatoms. The summed E-state index contributed by atoms with van der Waals surface area (Å²) in [6.07, 6.45) is 1.93. The number of nitrogens with zero attached hydrogens (tertiary/aromatic N) is 2. The van der Waals surface area contributed by atoms with Gasteiger partial charge < -0.3 is 0 Å². The molecule has 0 rings (SSSR count). The molecule has 0 aliphatic carbocycles. The summed E-state index contributed by atoms with van der Waals surface area (Å²) in [7, 11) is -8.43. The molecule has 0 aliphatic rings. The third kappa shape index (κ3) is 3.04. The van der Waals surface area contributed by atoms with Crippen LogP contribution >= 0.6 is 0 Å². The summed E-state index contributed by atoms with van der Waals surface area (Å²) >= 11 is 0. The van der Waals surface area contributed by atoms with Crippen LogP contribution in [0.3, 0.4) is 0 Å². The molecule has 0 saturated carbocycles. The molecule has 14 heavy (non-hydrogen) atoms. The van der Waals surface area contributed by atoms with Gasteiger partial charge in [0.2, 0.25) is 0 Å². The van der Waals surface area contributed by atoms with Crippen molar-refractivity contribution >= 4 is 32.5 Å². The standard InChI is InChI=1S/C6H10N2O4S2/c1-4-7-13(9,10)6(3)14(11,12)8-5-2/h4-5H,3H2,1-2H3/b7-4+,8-5+. The van der Waals surface area contributed by atoms with E-state index in [1.807, 2.05) is 0 Å². The van der Waals surface area contributed by atoms with Crippen molar-refractivity contribution in [2.24, 2.45) is 8.80 Å². The highest BCUT2D eigenvalue weighted by Gasteiger charge is 2.26. The Morgan fingerprint density at radius 2 is 1.29 bits per heavy atom. The van der Waals surface area contributed by atoms with Crippen LogP contribution in [0.4, 0.5) is 0 Å². The minimum absolute atomic E-state index is 0.964. The second-order valence-electron chi connectivity index (χ2n) is 2.05. The molecule has 0 aromatic heterocycles. The zero-order chi connectivity index (χ0) is 11.4. The third-order valence-corrected chi connectivity index (χ3v) is 4.46. The predicted molar refractivity (Wildman–Crippen MR) is 55.3 cm³/mol. The van der Waals surface area contributed by atoms with E-state index < -0.39 is 24.3 Å². The van der Waals surface area contributed by atoms with Crippen LogP contribution in [-0.4, -0.2) is 29.3 Å². The van der Waals surface area contributed by atoms with E-state index in [9.17, 15) is 16.8 Å². The number of rotatable bonds is 4. The molecule has 0 spiro atoms. The average Bonchev–Trinajstić information content (AvgIpc) is 2.02. The first-order valence-electron chi connectivity index (χ1n) is 3.46. The lowest BCUT2D eigenvalue weighted by Gasteiger charge is -1.98. The van der Waals surface area contributed by atoms with Gasteiger partial charge in [0.1, 0.15) is 0 Å². The van der Waals surface area contributed by atoms with Crippen LogP contribution in [0.25, 0.3) is 0 Å². The largest absolute Gasteiger partial charge is 0.294 e. The Kier molecular flexibility index (Phi) is 4.14. The van der Waals surface area contributed by atoms with E-state index in [0.29, 0.717) is 0 Å². The maximum absolute atomic E-state index is 11.1. The highest BCUT2D eigenvalue weighted by atomic mass is 32.3. The Morgan fingerprint density at radius 1 is 1.00 bits per heavy atom. The van der Waals surface area contributed by atoms with Crippen LogP contribution in [0.1, 0.15) is 13.8 Å². The topological polar surface area (TPSA) is 93.0 Å². The zero-order valence-corrected chi connectivity index (χ0v) is 9.34. The van der Waals surface area contributed by atoms with Crippen LogP contribution < -0.4 is 0 Å². The predicted octanol–water partition coefficient (Wildman–Crippen LogP) is 0.299. The minimum Gasteiger partial charge on any atom is -0.198 e. The normalized spacial score (nSPS) is 13.9. The Hall–Kier alpha value is -1.02. The first-order chi connectivity index (χ1) is 6.28. The molecule has 0 heterocycles. The van der Waals surface area contributed by atoms with Gasteiger partial charge in [-0.05, 0) is 13.8 Å². The molecule has 0 unspecified atom stereocenters. The van der Waals surface area contributed by atoms with Crippen LogP contribution in [0.2, 0.25) is 0 Å². The van der Waals surface area contributed by atoms with E-state index in [-0.39, 0.29) is 0 Å². The van der Waals surface area contributed by atoms with Gasteiger partial charge in [0.15, 0.2) is 4.24 Å². The lowest BCUT2D eigenvalue weighted by molar-refractivity contribution is 0.597. The number of sulfonamides is 2. The van der Waals surface area contributed by atoms with Crippen molar-refractivity contribution < 1.29 is 16.8 Å². The highest BCUT2D eigenvalue weighted by Crippen LogP contribution is 2.15. The summed E-state index contributed by atoms with van der Waals surface area (Å²) in [6, 6.07) is 0. The van der Waals surface area contributed by atoms with Crippen molar-refractivity contribution in [3.63, 3.8) is 0 Å². The van der Waals surface area contributed by atoms with Crippen LogP contribution in [-0.2, 0) is 20.0 Å². The Morgan fingerprint density at radius 3 is 1.50 bits per heavy atom. The first kappa shape index (κ1) is 13.0. The van der Waals surface area contributed by atoms with Crippen molar-refractivity contribution in [3.8, 4) is 0 Å². The molecule has 0 saturated heterocycles. The molecule has 0 N–H and O–H groups in total. The second-order valence-corrected chi connectivity index (χ2v) is 5.62. The second kappa shape index (κ2) is 4.47. The van der Waals surface area contributed by atoms with Gasteiger partial charge in [0, 0.05) is 12.4 Å². The maximum atomic E-state index is 11.1. The summed E-state index contributed by atoms with van der Waals surface area (Å²) in [5, 5.41) is 0. The van der Waals surface area contributed by atoms with E-state index in [4.69, 9.17) is 0 Å². The molecule has 0 aromatic carbocycles. The van der Waals surface area contributed by atoms with E-state index in [0.717, 1.165) is 12.4 Å². The first-order valence-corrected chi connectivity index (χ1v) is 6.34. The van der Waals surface area contributed by atoms with Crippen molar-refractivity contribution in [1.82, 2.24) is 0 Å². The van der Waals surface area contributed by atoms with Crippen molar-refractivity contribution in [2.45, 2.75) is 13.8 Å². The molecule has 0 radical (unpaired) electrons. The Labute approximate surface area is 83.2 Å². The van der Waals surface area contributed by atoms with Crippen molar-refractivity contribution in [2.75, 3.05) is 0 Å². The lowest BCUT2D eigenvalue weighted by Crippen LogP contribution is -2.09. The molecule has 0 amide bonds. The molecular weight excluding hydrogens is 228 g/mol. The summed E-state index contributed by atoms with van der Waals surface area (Å²) in [5.41, 5.74) is 0. The number of hydrogen-bond acceptors (Lipinski definition) is 4. The summed E-state index contributed by atoms with van der Waals surface area (Å²) in [6.45, 7) is 5.63. The quantitative estimate of drug-likeness (QED) is 0.658. The van der Waals surface area contributed by atoms with Crippen molar-refractivity contribution in [3.05, 3.63) is 10.8 Å². The lowest BCUT2D eigenvalue weighted by atomic mass is 10.9. The van der Waals surface area contributed by atoms with E-state index in [2.05, 4.69) is 15.4 Å². The maximum Gasteiger partial charge on any atom is 0.294 e. The molecular formula is C6H10N2O4S2.